The van der Waals surface area contributed by atoms with Gasteiger partial charge in [0.15, 0.2) is 0 Å². The van der Waals surface area contributed by atoms with Crippen LogP contribution in [-0.4, -0.2) is 50.5 Å². The molecular formula is C18H26N6O. The molecule has 7 nitrogen and oxygen atoms in total. The third kappa shape index (κ3) is 3.76. The number of piperidine rings is 1. The molecule has 1 aliphatic heterocycles. The first-order valence-electron chi connectivity index (χ1n) is 9.36. The highest BCUT2D eigenvalue weighted by atomic mass is 16.3. The number of nitrogens with zero attached hydrogens (tertiary/aromatic N) is 4. The van der Waals surface area contributed by atoms with Gasteiger partial charge in [-0.3, -0.25) is 5.10 Å². The molecule has 0 aromatic carbocycles. The molecule has 2 aromatic heterocycles. The number of aliphatic hydroxyl groups excluding tert-OH is 1. The third-order valence-corrected chi connectivity index (χ3v) is 5.25. The fourth-order valence-electron chi connectivity index (χ4n) is 3.81. The van der Waals surface area contributed by atoms with Gasteiger partial charge in [0.1, 0.15) is 5.82 Å². The molecule has 0 radical (unpaired) electrons. The molecule has 1 saturated carbocycles. The summed E-state index contributed by atoms with van der Waals surface area (Å²) in [6, 6.07) is 2.28. The van der Waals surface area contributed by atoms with Crippen LogP contribution in [0.25, 0.3) is 11.3 Å². The van der Waals surface area contributed by atoms with Gasteiger partial charge in [-0.25, -0.2) is 9.97 Å². The molecule has 2 fully saturated rings. The molecule has 25 heavy (non-hydrogen) atoms. The van der Waals surface area contributed by atoms with Gasteiger partial charge in [-0.15, -0.1) is 0 Å². The van der Waals surface area contributed by atoms with Gasteiger partial charge in [-0.1, -0.05) is 0 Å². The van der Waals surface area contributed by atoms with E-state index < -0.39 is 0 Å². The lowest BCUT2D eigenvalue weighted by atomic mass is 9.93. The summed E-state index contributed by atoms with van der Waals surface area (Å²) in [4.78, 5) is 11.5. The molecule has 0 spiro atoms. The Kier molecular flexibility index (Phi) is 4.83. The van der Waals surface area contributed by atoms with Crippen LogP contribution in [0, 0.1) is 0 Å². The molecule has 4 rings (SSSR count). The van der Waals surface area contributed by atoms with Crippen molar-refractivity contribution >= 4 is 11.8 Å². The normalized spacial score (nSPS) is 24.3. The standard InChI is InChI=1S/C18H26N6O/c25-14-6-4-13(5-7-14)21-18-19-9-8-16(22-18)15-12-20-23-17(15)24-10-2-1-3-11-24/h8-9,12-14,25H,1-7,10-11H2,(H,20,23)(H,19,21,22). The van der Waals surface area contributed by atoms with E-state index in [0.717, 1.165) is 55.8 Å². The number of H-pyrrole nitrogens is 1. The predicted octanol–water partition coefficient (Wildman–Crippen LogP) is 2.57. The Bertz CT molecular complexity index is 688. The maximum Gasteiger partial charge on any atom is 0.223 e. The fraction of sp³-hybridized carbons (Fsp3) is 0.611. The molecule has 0 unspecified atom stereocenters. The van der Waals surface area contributed by atoms with Crippen molar-refractivity contribution in [2.75, 3.05) is 23.3 Å². The summed E-state index contributed by atoms with van der Waals surface area (Å²) >= 11 is 0. The minimum Gasteiger partial charge on any atom is -0.393 e. The van der Waals surface area contributed by atoms with Gasteiger partial charge in [-0.2, -0.15) is 5.10 Å². The summed E-state index contributed by atoms with van der Waals surface area (Å²) < 4.78 is 0. The van der Waals surface area contributed by atoms with Crippen LogP contribution in [0.15, 0.2) is 18.5 Å². The van der Waals surface area contributed by atoms with Crippen LogP contribution in [0.3, 0.4) is 0 Å². The van der Waals surface area contributed by atoms with Crippen LogP contribution < -0.4 is 10.2 Å². The highest BCUT2D eigenvalue weighted by Crippen LogP contribution is 2.30. The Balaban J connectivity index is 1.51. The third-order valence-electron chi connectivity index (χ3n) is 5.25. The number of aromatic nitrogens is 4. The molecule has 134 valence electrons. The lowest BCUT2D eigenvalue weighted by Crippen LogP contribution is -2.30. The minimum absolute atomic E-state index is 0.150. The van der Waals surface area contributed by atoms with Crippen molar-refractivity contribution < 1.29 is 5.11 Å². The molecule has 3 heterocycles. The molecule has 1 aliphatic carbocycles. The quantitative estimate of drug-likeness (QED) is 0.791. The van der Waals surface area contributed by atoms with Gasteiger partial charge in [0, 0.05) is 25.3 Å². The molecule has 2 aliphatic rings. The largest absolute Gasteiger partial charge is 0.393 e. The van der Waals surface area contributed by atoms with E-state index in [4.69, 9.17) is 4.98 Å². The average Bonchev–Trinajstić information content (AvgIpc) is 3.15. The van der Waals surface area contributed by atoms with Crippen LogP contribution in [0.5, 0.6) is 0 Å². The zero-order valence-corrected chi connectivity index (χ0v) is 14.5. The van der Waals surface area contributed by atoms with E-state index in [0.29, 0.717) is 12.0 Å². The van der Waals surface area contributed by atoms with E-state index in [-0.39, 0.29) is 6.10 Å². The second-order valence-corrected chi connectivity index (χ2v) is 7.10. The molecular weight excluding hydrogens is 316 g/mol. The maximum absolute atomic E-state index is 9.64. The first-order valence-corrected chi connectivity index (χ1v) is 9.36. The van der Waals surface area contributed by atoms with Crippen molar-refractivity contribution in [1.82, 2.24) is 20.2 Å². The van der Waals surface area contributed by atoms with Crippen molar-refractivity contribution in [3.63, 3.8) is 0 Å². The van der Waals surface area contributed by atoms with E-state index in [2.05, 4.69) is 25.4 Å². The molecule has 0 atom stereocenters. The monoisotopic (exact) mass is 342 g/mol. The van der Waals surface area contributed by atoms with E-state index in [1.54, 1.807) is 6.20 Å². The fourth-order valence-corrected chi connectivity index (χ4v) is 3.81. The number of rotatable bonds is 4. The van der Waals surface area contributed by atoms with Crippen molar-refractivity contribution in [3.05, 3.63) is 18.5 Å². The Hall–Kier alpha value is -2.15. The van der Waals surface area contributed by atoms with E-state index in [1.165, 1.54) is 19.3 Å². The van der Waals surface area contributed by atoms with Crippen LogP contribution in [0.1, 0.15) is 44.9 Å². The Labute approximate surface area is 147 Å². The number of hydrogen-bond donors (Lipinski definition) is 3. The van der Waals surface area contributed by atoms with Crippen molar-refractivity contribution in [2.45, 2.75) is 57.1 Å². The van der Waals surface area contributed by atoms with E-state index in [9.17, 15) is 5.11 Å². The van der Waals surface area contributed by atoms with Crippen LogP contribution in [0.4, 0.5) is 11.8 Å². The van der Waals surface area contributed by atoms with Gasteiger partial charge in [0.05, 0.1) is 23.6 Å². The van der Waals surface area contributed by atoms with Gasteiger partial charge in [0.2, 0.25) is 5.95 Å². The number of nitrogens with one attached hydrogen (secondary N) is 2. The SMILES string of the molecule is OC1CCC(Nc2nccc(-c3cn[nH]c3N3CCCCC3)n2)CC1. The molecule has 1 saturated heterocycles. The van der Waals surface area contributed by atoms with Crippen molar-refractivity contribution in [1.29, 1.82) is 0 Å². The van der Waals surface area contributed by atoms with Gasteiger partial charge >= 0.3 is 0 Å². The molecule has 7 heteroatoms. The Morgan fingerprint density at radius 1 is 1.12 bits per heavy atom. The lowest BCUT2D eigenvalue weighted by Gasteiger charge is -2.28. The second-order valence-electron chi connectivity index (χ2n) is 7.10. The average molecular weight is 342 g/mol. The van der Waals surface area contributed by atoms with Crippen LogP contribution in [0.2, 0.25) is 0 Å². The van der Waals surface area contributed by atoms with Gasteiger partial charge in [-0.05, 0) is 51.0 Å². The van der Waals surface area contributed by atoms with Gasteiger partial charge in [0.25, 0.3) is 0 Å². The highest BCUT2D eigenvalue weighted by Gasteiger charge is 2.21. The van der Waals surface area contributed by atoms with Crippen LogP contribution >= 0.6 is 0 Å². The molecule has 2 aromatic rings. The van der Waals surface area contributed by atoms with E-state index >= 15 is 0 Å². The summed E-state index contributed by atoms with van der Waals surface area (Å²) in [5, 5.41) is 20.5. The first kappa shape index (κ1) is 16.3. The topological polar surface area (TPSA) is 90.0 Å². The summed E-state index contributed by atoms with van der Waals surface area (Å²) in [5.74, 6) is 1.72. The first-order chi connectivity index (χ1) is 12.3. The smallest absolute Gasteiger partial charge is 0.223 e. The second kappa shape index (κ2) is 7.39. The summed E-state index contributed by atoms with van der Waals surface area (Å²) in [6.07, 6.45) is 10.9. The molecule has 0 bridgehead atoms. The Morgan fingerprint density at radius 2 is 1.92 bits per heavy atom. The predicted molar refractivity (Wildman–Crippen MR) is 97.6 cm³/mol. The highest BCUT2D eigenvalue weighted by molar-refractivity contribution is 5.73. The lowest BCUT2D eigenvalue weighted by molar-refractivity contribution is 0.126. The molecule has 3 N–H and O–H groups in total. The van der Waals surface area contributed by atoms with Crippen LogP contribution in [-0.2, 0) is 0 Å². The minimum atomic E-state index is -0.150. The number of hydrogen-bond acceptors (Lipinski definition) is 6. The summed E-state index contributed by atoms with van der Waals surface area (Å²) in [7, 11) is 0. The number of aliphatic hydroxyl groups is 1. The summed E-state index contributed by atoms with van der Waals surface area (Å²) in [6.45, 7) is 2.13. The zero-order valence-electron chi connectivity index (χ0n) is 14.5. The van der Waals surface area contributed by atoms with Gasteiger partial charge < -0.3 is 15.3 Å². The zero-order chi connectivity index (χ0) is 17.1. The Morgan fingerprint density at radius 3 is 2.72 bits per heavy atom. The van der Waals surface area contributed by atoms with E-state index in [1.807, 2.05) is 12.3 Å². The number of anilines is 2. The summed E-state index contributed by atoms with van der Waals surface area (Å²) in [5.41, 5.74) is 1.93. The number of aromatic amines is 1. The maximum atomic E-state index is 9.64. The van der Waals surface area contributed by atoms with Crippen molar-refractivity contribution in [3.8, 4) is 11.3 Å². The van der Waals surface area contributed by atoms with Crippen molar-refractivity contribution in [2.24, 2.45) is 0 Å². The molecule has 0 amide bonds.